The molecule has 2 atom stereocenters. The Morgan fingerprint density at radius 2 is 1.72 bits per heavy atom. The minimum Gasteiger partial charge on any atom is -0.448 e. The average Bonchev–Trinajstić information content (AvgIpc) is 3.63. The molecule has 0 aromatic heterocycles. The molecule has 2 saturated heterocycles. The summed E-state index contributed by atoms with van der Waals surface area (Å²) in [6.45, 7) is 7.34. The van der Waals surface area contributed by atoms with Crippen molar-refractivity contribution in [1.29, 1.82) is 0 Å². The minimum atomic E-state index is -3.71. The first-order valence-electron chi connectivity index (χ1n) is 11.7. The summed E-state index contributed by atoms with van der Waals surface area (Å²) in [5, 5.41) is 0.504. The van der Waals surface area contributed by atoms with Gasteiger partial charge >= 0.3 is 6.09 Å². The summed E-state index contributed by atoms with van der Waals surface area (Å²) >= 11 is 5.98. The Kier molecular flexibility index (Phi) is 7.34. The van der Waals surface area contributed by atoms with Gasteiger partial charge in [-0.15, -0.1) is 0 Å². The van der Waals surface area contributed by atoms with E-state index >= 15 is 0 Å². The quantitative estimate of drug-likeness (QED) is 0.615. The van der Waals surface area contributed by atoms with E-state index in [9.17, 15) is 13.2 Å². The summed E-state index contributed by atoms with van der Waals surface area (Å²) in [6, 6.07) is 6.44. The number of rotatable bonds is 6. The molecule has 2 heterocycles. The van der Waals surface area contributed by atoms with Gasteiger partial charge < -0.3 is 9.64 Å². The van der Waals surface area contributed by atoms with Crippen molar-refractivity contribution in [3.8, 4) is 0 Å². The van der Waals surface area contributed by atoms with Gasteiger partial charge in [-0.3, -0.25) is 4.90 Å². The summed E-state index contributed by atoms with van der Waals surface area (Å²) in [5.74, 6) is 0.402. The van der Waals surface area contributed by atoms with E-state index in [1.54, 1.807) is 33.5 Å². The van der Waals surface area contributed by atoms with Crippen LogP contribution in [0.25, 0.3) is 0 Å². The number of nitrogens with zero attached hydrogens (tertiary/aromatic N) is 3. The molecule has 7 nitrogen and oxygen atoms in total. The van der Waals surface area contributed by atoms with Crippen LogP contribution in [0.4, 0.5) is 4.79 Å². The summed E-state index contributed by atoms with van der Waals surface area (Å²) in [4.78, 5) is 17.0. The highest BCUT2D eigenvalue weighted by atomic mass is 35.5. The number of ether oxygens (including phenoxy) is 1. The number of sulfonamides is 1. The van der Waals surface area contributed by atoms with Gasteiger partial charge in [-0.1, -0.05) is 18.0 Å². The van der Waals surface area contributed by atoms with E-state index in [0.717, 1.165) is 38.8 Å². The number of benzene rings is 1. The van der Waals surface area contributed by atoms with Gasteiger partial charge in [0.05, 0.1) is 10.9 Å². The van der Waals surface area contributed by atoms with E-state index in [4.69, 9.17) is 16.3 Å². The van der Waals surface area contributed by atoms with E-state index in [1.807, 2.05) is 0 Å². The van der Waals surface area contributed by atoms with Crippen LogP contribution in [-0.4, -0.2) is 79.5 Å². The van der Waals surface area contributed by atoms with Crippen molar-refractivity contribution in [2.24, 2.45) is 5.92 Å². The fourth-order valence-corrected chi connectivity index (χ4v) is 6.99. The largest absolute Gasteiger partial charge is 0.448 e. The number of hydrogen-bond acceptors (Lipinski definition) is 5. The van der Waals surface area contributed by atoms with Crippen molar-refractivity contribution in [2.45, 2.75) is 69.0 Å². The molecule has 0 radical (unpaired) electrons. The predicted molar refractivity (Wildman–Crippen MR) is 124 cm³/mol. The first-order chi connectivity index (χ1) is 15.3. The molecule has 2 aliphatic heterocycles. The van der Waals surface area contributed by atoms with Crippen molar-refractivity contribution >= 4 is 27.7 Å². The maximum atomic E-state index is 13.6. The van der Waals surface area contributed by atoms with Gasteiger partial charge in [0.15, 0.2) is 0 Å². The smallest absolute Gasteiger partial charge is 0.409 e. The van der Waals surface area contributed by atoms with Crippen LogP contribution in [0.5, 0.6) is 0 Å². The molecule has 1 aliphatic carbocycles. The van der Waals surface area contributed by atoms with Gasteiger partial charge in [-0.25, -0.2) is 13.2 Å². The summed E-state index contributed by atoms with van der Waals surface area (Å²) in [5.41, 5.74) is 0. The summed E-state index contributed by atoms with van der Waals surface area (Å²) in [7, 11) is -3.71. The van der Waals surface area contributed by atoms with Crippen LogP contribution >= 0.6 is 11.6 Å². The van der Waals surface area contributed by atoms with Gasteiger partial charge in [-0.05, 0) is 69.7 Å². The molecule has 1 unspecified atom stereocenters. The number of piperazine rings is 1. The van der Waals surface area contributed by atoms with E-state index in [1.165, 1.54) is 0 Å². The molecule has 1 saturated carbocycles. The molecule has 3 aliphatic rings. The molecule has 3 fully saturated rings. The second-order valence-corrected chi connectivity index (χ2v) is 11.8. The molecule has 178 valence electrons. The Bertz CT molecular complexity index is 896. The maximum Gasteiger partial charge on any atom is 0.409 e. The van der Waals surface area contributed by atoms with Crippen molar-refractivity contribution in [2.75, 3.05) is 32.8 Å². The highest BCUT2D eigenvalue weighted by Gasteiger charge is 2.46. The van der Waals surface area contributed by atoms with Crippen molar-refractivity contribution in [3.63, 3.8) is 0 Å². The van der Waals surface area contributed by atoms with Crippen LogP contribution in [0, 0.1) is 5.92 Å². The SMILES string of the molecule is CC(C)N1CCN(C(=O)OC[C@H]2CCCC(C3CC3)N2S(=O)(=O)c2ccc(Cl)cc2)CC1. The van der Waals surface area contributed by atoms with Crippen LogP contribution in [0.15, 0.2) is 29.2 Å². The monoisotopic (exact) mass is 483 g/mol. The lowest BCUT2D eigenvalue weighted by atomic mass is 9.96. The third-order valence-corrected chi connectivity index (χ3v) is 9.23. The highest BCUT2D eigenvalue weighted by molar-refractivity contribution is 7.89. The van der Waals surface area contributed by atoms with Gasteiger partial charge in [-0.2, -0.15) is 4.31 Å². The van der Waals surface area contributed by atoms with E-state index in [-0.39, 0.29) is 29.7 Å². The standard InChI is InChI=1S/C23H34ClN3O4S/c1-17(2)25-12-14-26(15-13-25)23(28)31-16-20-4-3-5-22(18-6-7-18)27(20)32(29,30)21-10-8-19(24)9-11-21/h8-11,17-18,20,22H,3-7,12-16H2,1-2H3/t20-,22?/m1/s1. The number of piperidine rings is 1. The minimum absolute atomic E-state index is 0.0253. The molecule has 1 amide bonds. The zero-order valence-electron chi connectivity index (χ0n) is 19.0. The zero-order valence-corrected chi connectivity index (χ0v) is 20.5. The Morgan fingerprint density at radius 1 is 1.06 bits per heavy atom. The number of amides is 1. The summed E-state index contributed by atoms with van der Waals surface area (Å²) in [6.07, 6.45) is 4.28. The first kappa shape index (κ1) is 23.8. The highest BCUT2D eigenvalue weighted by Crippen LogP contribution is 2.43. The maximum absolute atomic E-state index is 13.6. The fourth-order valence-electron chi connectivity index (χ4n) is 4.95. The molecule has 32 heavy (non-hydrogen) atoms. The molecule has 4 rings (SSSR count). The second-order valence-electron chi connectivity index (χ2n) is 9.47. The van der Waals surface area contributed by atoms with Gasteiger partial charge in [0.25, 0.3) is 0 Å². The third kappa shape index (κ3) is 5.24. The number of carbonyl (C=O) groups is 1. The molecule has 1 aromatic carbocycles. The van der Waals surface area contributed by atoms with Gasteiger partial charge in [0.1, 0.15) is 6.61 Å². The topological polar surface area (TPSA) is 70.2 Å². The first-order valence-corrected chi connectivity index (χ1v) is 13.5. The average molecular weight is 484 g/mol. The summed E-state index contributed by atoms with van der Waals surface area (Å²) < 4.78 is 34.6. The van der Waals surface area contributed by atoms with Crippen LogP contribution < -0.4 is 0 Å². The van der Waals surface area contributed by atoms with Gasteiger partial charge in [0, 0.05) is 43.3 Å². The molecule has 9 heteroatoms. The normalized spacial score (nSPS) is 25.8. The van der Waals surface area contributed by atoms with E-state index in [2.05, 4.69) is 18.7 Å². The molecular formula is C23H34ClN3O4S. The van der Waals surface area contributed by atoms with Gasteiger partial charge in [0.2, 0.25) is 10.0 Å². The second kappa shape index (κ2) is 9.87. The number of hydrogen-bond donors (Lipinski definition) is 0. The van der Waals surface area contributed by atoms with E-state index in [0.29, 0.717) is 36.5 Å². The lowest BCUT2D eigenvalue weighted by molar-refractivity contribution is 0.0427. The molecule has 0 N–H and O–H groups in total. The number of halogens is 1. The Morgan fingerprint density at radius 3 is 2.31 bits per heavy atom. The van der Waals surface area contributed by atoms with Crippen LogP contribution in [0.3, 0.4) is 0 Å². The third-order valence-electron chi connectivity index (χ3n) is 6.98. The van der Waals surface area contributed by atoms with Crippen molar-refractivity contribution < 1.29 is 17.9 Å². The zero-order chi connectivity index (χ0) is 22.9. The van der Waals surface area contributed by atoms with Crippen molar-refractivity contribution in [3.05, 3.63) is 29.3 Å². The van der Waals surface area contributed by atoms with Crippen LogP contribution in [0.2, 0.25) is 5.02 Å². The predicted octanol–water partition coefficient (Wildman–Crippen LogP) is 3.82. The Hall–Kier alpha value is -1.35. The molecule has 1 aromatic rings. The number of carbonyl (C=O) groups excluding carboxylic acids is 1. The van der Waals surface area contributed by atoms with Crippen LogP contribution in [-0.2, 0) is 14.8 Å². The Balaban J connectivity index is 1.45. The molecule has 0 bridgehead atoms. The molecule has 0 spiro atoms. The fraction of sp³-hybridized carbons (Fsp3) is 0.696. The van der Waals surface area contributed by atoms with Crippen LogP contribution in [0.1, 0.15) is 46.0 Å². The lowest BCUT2D eigenvalue weighted by Gasteiger charge is -2.41. The van der Waals surface area contributed by atoms with E-state index < -0.39 is 10.0 Å². The lowest BCUT2D eigenvalue weighted by Crippen LogP contribution is -2.54. The Labute approximate surface area is 196 Å². The van der Waals surface area contributed by atoms with Crippen molar-refractivity contribution in [1.82, 2.24) is 14.1 Å². The molecular weight excluding hydrogens is 450 g/mol.